The van der Waals surface area contributed by atoms with Crippen LogP contribution in [0.3, 0.4) is 0 Å². The van der Waals surface area contributed by atoms with Gasteiger partial charge in [0.1, 0.15) is 5.75 Å². The lowest BCUT2D eigenvalue weighted by Crippen LogP contribution is -2.25. The first-order valence-electron chi connectivity index (χ1n) is 5.95. The van der Waals surface area contributed by atoms with E-state index < -0.39 is 0 Å². The summed E-state index contributed by atoms with van der Waals surface area (Å²) in [6.45, 7) is 2.24. The van der Waals surface area contributed by atoms with Crippen molar-refractivity contribution in [3.8, 4) is 5.75 Å². The first-order valence-corrected chi connectivity index (χ1v) is 7.40. The van der Waals surface area contributed by atoms with E-state index in [-0.39, 0.29) is 12.0 Å². The van der Waals surface area contributed by atoms with Crippen LogP contribution in [-0.2, 0) is 0 Å². The van der Waals surface area contributed by atoms with Crippen molar-refractivity contribution in [1.29, 1.82) is 0 Å². The number of carbonyl (C=O) groups excluding carboxylic acids is 1. The minimum Gasteiger partial charge on any atom is -0.496 e. The number of hydrogen-bond donors (Lipinski definition) is 2. The van der Waals surface area contributed by atoms with Crippen molar-refractivity contribution >= 4 is 40.1 Å². The van der Waals surface area contributed by atoms with Crippen LogP contribution in [-0.4, -0.2) is 30.8 Å². The maximum Gasteiger partial charge on any atom is 0.255 e. The molecule has 0 fully saturated rings. The minimum absolute atomic E-state index is 0.222. The fourth-order valence-corrected chi connectivity index (χ4v) is 2.17. The number of rotatable bonds is 6. The Morgan fingerprint density at radius 2 is 2.26 bits per heavy atom. The van der Waals surface area contributed by atoms with Gasteiger partial charge in [0.15, 0.2) is 0 Å². The number of hydrogen-bond acceptors (Lipinski definition) is 3. The number of aliphatic hydroxyl groups excluding tert-OH is 1. The normalized spacial score (nSPS) is 12.1. The van der Waals surface area contributed by atoms with Crippen molar-refractivity contribution in [2.75, 3.05) is 13.7 Å². The number of amides is 1. The summed E-state index contributed by atoms with van der Waals surface area (Å²) in [5.74, 6) is 0.280. The Hall–Kier alpha value is -0.530. The van der Waals surface area contributed by atoms with E-state index in [0.717, 1.165) is 9.99 Å². The lowest BCUT2D eigenvalue weighted by molar-refractivity contribution is 0.0946. The van der Waals surface area contributed by atoms with Gasteiger partial charge in [-0.05, 0) is 54.5 Å². The van der Waals surface area contributed by atoms with Crippen molar-refractivity contribution in [3.63, 3.8) is 0 Å². The molecule has 0 aromatic heterocycles. The van der Waals surface area contributed by atoms with Crippen LogP contribution < -0.4 is 10.1 Å². The summed E-state index contributed by atoms with van der Waals surface area (Å²) in [7, 11) is 1.52. The molecule has 1 amide bonds. The summed E-state index contributed by atoms with van der Waals surface area (Å²) in [5, 5.41) is 12.4. The fourth-order valence-electron chi connectivity index (χ4n) is 1.57. The van der Waals surface area contributed by atoms with E-state index in [9.17, 15) is 4.79 Å². The molecule has 0 radical (unpaired) electrons. The van der Waals surface area contributed by atoms with Crippen LogP contribution in [0.1, 0.15) is 30.1 Å². The number of ether oxygens (including phenoxy) is 1. The van der Waals surface area contributed by atoms with Crippen molar-refractivity contribution in [2.24, 2.45) is 0 Å². The van der Waals surface area contributed by atoms with E-state index >= 15 is 0 Å². The van der Waals surface area contributed by atoms with Gasteiger partial charge in [-0.2, -0.15) is 0 Å². The van der Waals surface area contributed by atoms with E-state index in [1.54, 1.807) is 19.1 Å². The molecule has 4 nitrogen and oxygen atoms in total. The zero-order valence-electron chi connectivity index (χ0n) is 10.9. The number of carbonyl (C=O) groups is 1. The highest BCUT2D eigenvalue weighted by molar-refractivity contribution is 14.1. The molecule has 0 aliphatic rings. The van der Waals surface area contributed by atoms with Gasteiger partial charge in [-0.25, -0.2) is 0 Å². The standard InChI is InChI=1S/C13H17ClINO3/c1-8(17)4-3-5-16-13(18)9-6-10(14)11(15)7-12(9)19-2/h6-8,17H,3-5H2,1-2H3,(H,16,18). The summed E-state index contributed by atoms with van der Waals surface area (Å²) in [6.07, 6.45) is 1.04. The SMILES string of the molecule is COc1cc(I)c(Cl)cc1C(=O)NCCCC(C)O. The van der Waals surface area contributed by atoms with Crippen LogP contribution in [0, 0.1) is 3.57 Å². The predicted octanol–water partition coefficient (Wildman–Crippen LogP) is 2.84. The highest BCUT2D eigenvalue weighted by Gasteiger charge is 2.14. The van der Waals surface area contributed by atoms with Gasteiger partial charge >= 0.3 is 0 Å². The average Bonchev–Trinajstić information content (AvgIpc) is 2.36. The largest absolute Gasteiger partial charge is 0.496 e. The number of aliphatic hydroxyl groups is 1. The molecule has 106 valence electrons. The molecule has 1 aromatic rings. The number of benzene rings is 1. The third-order valence-electron chi connectivity index (χ3n) is 2.57. The first kappa shape index (κ1) is 16.5. The predicted molar refractivity (Wildman–Crippen MR) is 84.0 cm³/mol. The number of methoxy groups -OCH3 is 1. The second kappa shape index (κ2) is 7.91. The van der Waals surface area contributed by atoms with Crippen molar-refractivity contribution < 1.29 is 14.6 Å². The Bertz CT molecular complexity index is 452. The monoisotopic (exact) mass is 397 g/mol. The summed E-state index contributed by atoms with van der Waals surface area (Å²) in [6, 6.07) is 3.33. The van der Waals surface area contributed by atoms with Crippen LogP contribution >= 0.6 is 34.2 Å². The maximum atomic E-state index is 12.0. The Balaban J connectivity index is 2.68. The highest BCUT2D eigenvalue weighted by atomic mass is 127. The van der Waals surface area contributed by atoms with E-state index in [2.05, 4.69) is 27.9 Å². The van der Waals surface area contributed by atoms with Gasteiger partial charge in [0.2, 0.25) is 0 Å². The second-order valence-electron chi connectivity index (χ2n) is 4.21. The van der Waals surface area contributed by atoms with Crippen molar-refractivity contribution in [2.45, 2.75) is 25.9 Å². The van der Waals surface area contributed by atoms with Gasteiger partial charge in [0, 0.05) is 10.1 Å². The molecule has 19 heavy (non-hydrogen) atoms. The molecule has 1 rings (SSSR count). The smallest absolute Gasteiger partial charge is 0.255 e. The Morgan fingerprint density at radius 3 is 2.84 bits per heavy atom. The fraction of sp³-hybridized carbons (Fsp3) is 0.462. The molecule has 0 bridgehead atoms. The van der Waals surface area contributed by atoms with Gasteiger partial charge in [0.05, 0.1) is 23.8 Å². The van der Waals surface area contributed by atoms with Crippen LogP contribution in [0.2, 0.25) is 5.02 Å². The molecular formula is C13H17ClINO3. The zero-order valence-corrected chi connectivity index (χ0v) is 13.8. The van der Waals surface area contributed by atoms with Gasteiger partial charge in [-0.3, -0.25) is 4.79 Å². The molecule has 0 spiro atoms. The second-order valence-corrected chi connectivity index (χ2v) is 5.78. The zero-order chi connectivity index (χ0) is 14.4. The van der Waals surface area contributed by atoms with Gasteiger partial charge in [-0.15, -0.1) is 0 Å². The number of nitrogens with one attached hydrogen (secondary N) is 1. The average molecular weight is 398 g/mol. The third kappa shape index (κ3) is 5.16. The molecule has 1 unspecified atom stereocenters. The maximum absolute atomic E-state index is 12.0. The van der Waals surface area contributed by atoms with E-state index in [1.807, 2.05) is 0 Å². The lowest BCUT2D eigenvalue weighted by atomic mass is 10.1. The van der Waals surface area contributed by atoms with Crippen LogP contribution in [0.5, 0.6) is 5.75 Å². The summed E-state index contributed by atoms with van der Waals surface area (Å²) < 4.78 is 6.02. The molecule has 0 aliphatic heterocycles. The van der Waals surface area contributed by atoms with Crippen LogP contribution in [0.4, 0.5) is 0 Å². The van der Waals surface area contributed by atoms with Gasteiger partial charge in [-0.1, -0.05) is 11.6 Å². The molecule has 6 heteroatoms. The van der Waals surface area contributed by atoms with Crippen molar-refractivity contribution in [3.05, 3.63) is 26.3 Å². The summed E-state index contributed by atoms with van der Waals surface area (Å²) in [5.41, 5.74) is 0.421. The summed E-state index contributed by atoms with van der Waals surface area (Å²) in [4.78, 5) is 12.0. The van der Waals surface area contributed by atoms with Gasteiger partial charge in [0.25, 0.3) is 5.91 Å². The molecule has 1 aromatic carbocycles. The Labute approximate surface area is 131 Å². The highest BCUT2D eigenvalue weighted by Crippen LogP contribution is 2.28. The van der Waals surface area contributed by atoms with E-state index in [4.69, 9.17) is 21.4 Å². The first-order chi connectivity index (χ1) is 8.95. The third-order valence-corrected chi connectivity index (χ3v) is 4.10. The minimum atomic E-state index is -0.348. The van der Waals surface area contributed by atoms with Crippen LogP contribution in [0.25, 0.3) is 0 Å². The molecule has 0 saturated heterocycles. The molecule has 0 heterocycles. The Kier molecular flexibility index (Phi) is 6.88. The lowest BCUT2D eigenvalue weighted by Gasteiger charge is -2.11. The topological polar surface area (TPSA) is 58.6 Å². The Morgan fingerprint density at radius 1 is 1.58 bits per heavy atom. The quantitative estimate of drug-likeness (QED) is 0.573. The van der Waals surface area contributed by atoms with Gasteiger partial charge < -0.3 is 15.2 Å². The van der Waals surface area contributed by atoms with Crippen LogP contribution in [0.15, 0.2) is 12.1 Å². The molecular weight excluding hydrogens is 381 g/mol. The number of halogens is 2. The van der Waals surface area contributed by atoms with E-state index in [1.165, 1.54) is 7.11 Å². The molecule has 0 aliphatic carbocycles. The van der Waals surface area contributed by atoms with Crippen molar-refractivity contribution in [1.82, 2.24) is 5.32 Å². The summed E-state index contributed by atoms with van der Waals surface area (Å²) >= 11 is 8.10. The molecule has 1 atom stereocenters. The van der Waals surface area contributed by atoms with E-state index in [0.29, 0.717) is 29.3 Å². The molecule has 2 N–H and O–H groups in total. The molecule has 0 saturated carbocycles.